The second-order valence-corrected chi connectivity index (χ2v) is 9.60. The van der Waals surface area contributed by atoms with Gasteiger partial charge in [0.25, 0.3) is 0 Å². The van der Waals surface area contributed by atoms with Crippen LogP contribution in [-0.2, 0) is 6.61 Å². The molecule has 194 valence electrons. The maximum absolute atomic E-state index is 9.49. The van der Waals surface area contributed by atoms with Crippen molar-refractivity contribution >= 4 is 34.1 Å². The maximum atomic E-state index is 9.49. The highest BCUT2D eigenvalue weighted by atomic mass is 16.3. The second kappa shape index (κ2) is 11.7. The van der Waals surface area contributed by atoms with Gasteiger partial charge in [-0.05, 0) is 89.5 Å². The molecule has 0 unspecified atom stereocenters. The number of aliphatic hydroxyl groups is 1. The van der Waals surface area contributed by atoms with Crippen LogP contribution in [0.5, 0.6) is 0 Å². The topological polar surface area (TPSA) is 26.7 Å². The van der Waals surface area contributed by atoms with Crippen LogP contribution in [0.4, 0.5) is 34.1 Å². The zero-order chi connectivity index (χ0) is 27.1. The first-order valence-corrected chi connectivity index (χ1v) is 13.5. The summed E-state index contributed by atoms with van der Waals surface area (Å²) in [5, 5.41) is 9.49. The fraction of sp³-hybridized carbons (Fsp3) is 0.0270. The lowest BCUT2D eigenvalue weighted by Crippen LogP contribution is -2.10. The molecule has 0 aliphatic carbocycles. The zero-order valence-electron chi connectivity index (χ0n) is 22.1. The molecule has 3 heteroatoms. The Morgan fingerprint density at radius 1 is 0.325 bits per heavy atom. The van der Waals surface area contributed by atoms with E-state index >= 15 is 0 Å². The smallest absolute Gasteiger partial charge is 0.0681 e. The first-order chi connectivity index (χ1) is 19.8. The second-order valence-electron chi connectivity index (χ2n) is 9.60. The molecule has 0 spiro atoms. The van der Waals surface area contributed by atoms with Crippen LogP contribution >= 0.6 is 0 Å². The highest BCUT2D eigenvalue weighted by Gasteiger charge is 2.14. The van der Waals surface area contributed by atoms with E-state index in [1.165, 1.54) is 0 Å². The number of aliphatic hydroxyl groups excluding tert-OH is 1. The molecule has 0 saturated heterocycles. The van der Waals surface area contributed by atoms with Gasteiger partial charge in [0.15, 0.2) is 0 Å². The van der Waals surface area contributed by atoms with Gasteiger partial charge in [-0.25, -0.2) is 0 Å². The number of hydrogen-bond acceptors (Lipinski definition) is 3. The van der Waals surface area contributed by atoms with Gasteiger partial charge in [-0.3, -0.25) is 0 Å². The Morgan fingerprint density at radius 3 is 0.900 bits per heavy atom. The minimum Gasteiger partial charge on any atom is -0.392 e. The monoisotopic (exact) mass is 518 g/mol. The normalized spacial score (nSPS) is 10.7. The number of nitrogens with zero attached hydrogens (tertiary/aromatic N) is 2. The summed E-state index contributed by atoms with van der Waals surface area (Å²) >= 11 is 0. The molecular weight excluding hydrogens is 488 g/mol. The largest absolute Gasteiger partial charge is 0.392 e. The Hall–Kier alpha value is -5.12. The van der Waals surface area contributed by atoms with Crippen LogP contribution in [0, 0.1) is 0 Å². The first kappa shape index (κ1) is 25.2. The Morgan fingerprint density at radius 2 is 0.600 bits per heavy atom. The molecule has 40 heavy (non-hydrogen) atoms. The molecule has 6 rings (SSSR count). The van der Waals surface area contributed by atoms with Gasteiger partial charge < -0.3 is 14.9 Å². The molecule has 0 radical (unpaired) electrons. The van der Waals surface area contributed by atoms with Crippen LogP contribution in [0.15, 0.2) is 164 Å². The van der Waals surface area contributed by atoms with Gasteiger partial charge in [-0.2, -0.15) is 0 Å². The van der Waals surface area contributed by atoms with Crippen LogP contribution in [0.3, 0.4) is 0 Å². The fourth-order valence-electron chi connectivity index (χ4n) is 4.98. The van der Waals surface area contributed by atoms with E-state index in [1.54, 1.807) is 0 Å². The molecule has 0 aliphatic heterocycles. The number of rotatable bonds is 8. The Kier molecular flexibility index (Phi) is 7.38. The summed E-state index contributed by atoms with van der Waals surface area (Å²) in [6.45, 7) is 0.0353. The van der Waals surface area contributed by atoms with Crippen LogP contribution in [0.2, 0.25) is 0 Å². The van der Waals surface area contributed by atoms with E-state index < -0.39 is 0 Å². The summed E-state index contributed by atoms with van der Waals surface area (Å²) in [5.41, 5.74) is 9.77. The number of para-hydroxylation sites is 3. The zero-order valence-corrected chi connectivity index (χ0v) is 22.1. The minimum absolute atomic E-state index is 0.0353. The molecule has 0 heterocycles. The van der Waals surface area contributed by atoms with Crippen LogP contribution < -0.4 is 9.80 Å². The van der Waals surface area contributed by atoms with E-state index in [-0.39, 0.29) is 6.61 Å². The van der Waals surface area contributed by atoms with Crippen molar-refractivity contribution in [2.75, 3.05) is 9.80 Å². The van der Waals surface area contributed by atoms with E-state index in [9.17, 15) is 5.11 Å². The molecule has 0 atom stereocenters. The van der Waals surface area contributed by atoms with Crippen molar-refractivity contribution in [2.45, 2.75) is 6.61 Å². The summed E-state index contributed by atoms with van der Waals surface area (Å²) in [6, 6.07) is 56.7. The third kappa shape index (κ3) is 5.37. The van der Waals surface area contributed by atoms with Crippen LogP contribution in [0.25, 0.3) is 11.1 Å². The molecule has 1 N–H and O–H groups in total. The molecule has 0 saturated carbocycles. The maximum Gasteiger partial charge on any atom is 0.0681 e. The minimum atomic E-state index is 0.0353. The van der Waals surface area contributed by atoms with E-state index in [4.69, 9.17) is 0 Å². The van der Waals surface area contributed by atoms with Crippen molar-refractivity contribution < 1.29 is 5.11 Å². The molecule has 0 fully saturated rings. The van der Waals surface area contributed by atoms with E-state index in [2.05, 4.69) is 143 Å². The molecular formula is C37H30N2O. The van der Waals surface area contributed by atoms with Crippen LogP contribution in [-0.4, -0.2) is 5.11 Å². The molecule has 0 aliphatic rings. The quantitative estimate of drug-likeness (QED) is 0.217. The lowest BCUT2D eigenvalue weighted by molar-refractivity contribution is 0.282. The molecule has 0 amide bonds. The SMILES string of the molecule is OCc1ccc(N(c2ccccc2)c2ccc(-c3ccc(N(c4ccccc4)c4ccccc4)cc3)cc2)cc1. The van der Waals surface area contributed by atoms with E-state index in [0.29, 0.717) is 0 Å². The van der Waals surface area contributed by atoms with Gasteiger partial charge in [-0.15, -0.1) is 0 Å². The summed E-state index contributed by atoms with van der Waals surface area (Å²) in [6.07, 6.45) is 0. The standard InChI is InChI=1S/C37H30N2O/c40-28-29-16-22-35(23-17-29)39(34-14-8-3-9-15-34)37-26-20-31(21-27-37)30-18-24-36(25-19-30)38(32-10-4-1-5-11-32)33-12-6-2-7-13-33/h1-27,40H,28H2. The van der Waals surface area contributed by atoms with Gasteiger partial charge in [0.2, 0.25) is 0 Å². The first-order valence-electron chi connectivity index (χ1n) is 13.5. The number of anilines is 6. The summed E-state index contributed by atoms with van der Waals surface area (Å²) in [5.74, 6) is 0. The van der Waals surface area contributed by atoms with Gasteiger partial charge in [0.1, 0.15) is 0 Å². The lowest BCUT2D eigenvalue weighted by Gasteiger charge is -2.26. The Balaban J connectivity index is 1.30. The molecule has 0 aromatic heterocycles. The molecule has 0 bridgehead atoms. The lowest BCUT2D eigenvalue weighted by atomic mass is 10.0. The average molecular weight is 519 g/mol. The highest BCUT2D eigenvalue weighted by Crippen LogP contribution is 2.37. The van der Waals surface area contributed by atoms with Crippen molar-refractivity contribution in [1.29, 1.82) is 0 Å². The average Bonchev–Trinajstić information content (AvgIpc) is 3.04. The molecule has 6 aromatic rings. The van der Waals surface area contributed by atoms with Crippen molar-refractivity contribution in [3.05, 3.63) is 169 Å². The Labute approximate surface area is 235 Å². The molecule has 3 nitrogen and oxygen atoms in total. The third-order valence-electron chi connectivity index (χ3n) is 7.00. The van der Waals surface area contributed by atoms with Crippen LogP contribution in [0.1, 0.15) is 5.56 Å². The molecule has 6 aromatic carbocycles. The van der Waals surface area contributed by atoms with Crippen molar-refractivity contribution in [3.63, 3.8) is 0 Å². The van der Waals surface area contributed by atoms with Gasteiger partial charge >= 0.3 is 0 Å². The Bertz CT molecular complexity index is 1590. The highest BCUT2D eigenvalue weighted by molar-refractivity contribution is 5.80. The number of benzene rings is 6. The predicted octanol–water partition coefficient (Wildman–Crippen LogP) is 9.79. The third-order valence-corrected chi connectivity index (χ3v) is 7.00. The van der Waals surface area contributed by atoms with Gasteiger partial charge in [0.05, 0.1) is 6.61 Å². The van der Waals surface area contributed by atoms with Crippen molar-refractivity contribution in [3.8, 4) is 11.1 Å². The summed E-state index contributed by atoms with van der Waals surface area (Å²) in [7, 11) is 0. The van der Waals surface area contributed by atoms with Gasteiger partial charge in [0, 0.05) is 34.1 Å². The summed E-state index contributed by atoms with van der Waals surface area (Å²) < 4.78 is 0. The van der Waals surface area contributed by atoms with Crippen molar-refractivity contribution in [2.24, 2.45) is 0 Å². The number of hydrogen-bond donors (Lipinski definition) is 1. The van der Waals surface area contributed by atoms with Crippen molar-refractivity contribution in [1.82, 2.24) is 0 Å². The van der Waals surface area contributed by atoms with Gasteiger partial charge in [-0.1, -0.05) is 91.0 Å². The van der Waals surface area contributed by atoms with E-state index in [0.717, 1.165) is 50.8 Å². The fourth-order valence-corrected chi connectivity index (χ4v) is 4.98. The summed E-state index contributed by atoms with van der Waals surface area (Å²) in [4.78, 5) is 4.50. The van der Waals surface area contributed by atoms with E-state index in [1.807, 2.05) is 30.3 Å². The predicted molar refractivity (Wildman–Crippen MR) is 167 cm³/mol.